The average Bonchev–Trinajstić information content (AvgIpc) is 2.88. The van der Waals surface area contributed by atoms with Crippen LogP contribution < -0.4 is 15.7 Å². The Hall–Kier alpha value is -2.26. The maximum atomic E-state index is 12.4. The van der Waals surface area contributed by atoms with E-state index in [1.165, 1.54) is 4.90 Å². The number of nitrogens with zero attached hydrogens (tertiary/aromatic N) is 2. The smallest absolute Gasteiger partial charge is 0.465 e. The van der Waals surface area contributed by atoms with Crippen molar-refractivity contribution in [1.29, 1.82) is 0 Å². The molecule has 0 spiro atoms. The molecule has 2 heterocycles. The highest BCUT2D eigenvalue weighted by Crippen LogP contribution is 2.36. The van der Waals surface area contributed by atoms with Gasteiger partial charge in [0.25, 0.3) is 5.91 Å². The molecule has 0 atom stereocenters. The van der Waals surface area contributed by atoms with E-state index in [0.717, 1.165) is 11.2 Å². The molecule has 0 unspecified atom stereocenters. The number of nitrogens with one attached hydrogen (secondary N) is 1. The van der Waals surface area contributed by atoms with Crippen LogP contribution >= 0.6 is 0 Å². The molecule has 8 nitrogen and oxygen atoms in total. The first-order valence-corrected chi connectivity index (χ1v) is 9.50. The van der Waals surface area contributed by atoms with E-state index in [1.807, 2.05) is 44.7 Å². The van der Waals surface area contributed by atoms with Crippen molar-refractivity contribution in [2.45, 2.75) is 38.9 Å². The average molecular weight is 389 g/mol. The first-order valence-electron chi connectivity index (χ1n) is 9.50. The van der Waals surface area contributed by atoms with Crippen LogP contribution in [0.1, 0.15) is 38.1 Å². The van der Waals surface area contributed by atoms with Crippen molar-refractivity contribution >= 4 is 30.3 Å². The number of carboxylic acid groups (broad SMARTS) is 1. The highest BCUT2D eigenvalue weighted by atomic mass is 16.7. The van der Waals surface area contributed by atoms with Crippen molar-refractivity contribution in [1.82, 2.24) is 10.2 Å². The third-order valence-corrected chi connectivity index (χ3v) is 5.91. The lowest BCUT2D eigenvalue weighted by Gasteiger charge is -2.35. The van der Waals surface area contributed by atoms with Gasteiger partial charge in [0, 0.05) is 38.9 Å². The van der Waals surface area contributed by atoms with Crippen molar-refractivity contribution < 1.29 is 24.0 Å². The van der Waals surface area contributed by atoms with Crippen molar-refractivity contribution in [3.05, 3.63) is 23.8 Å². The standard InChI is InChI=1S/C19H28BN3O5/c1-18(2)19(3,4)28-20(27-18)13-6-7-14(16(24)21-5)15(12-13)22-8-10-23(11-9-22)17(25)26/h6-7,12H,8-11H2,1-5H3,(H,21,24)(H,25,26). The number of rotatable bonds is 3. The predicted molar refractivity (Wildman–Crippen MR) is 107 cm³/mol. The fraction of sp³-hybridized carbons (Fsp3) is 0.579. The molecule has 1 aromatic rings. The summed E-state index contributed by atoms with van der Waals surface area (Å²) in [6.07, 6.45) is -0.919. The summed E-state index contributed by atoms with van der Waals surface area (Å²) in [6, 6.07) is 5.55. The van der Waals surface area contributed by atoms with Crippen LogP contribution in [0.25, 0.3) is 0 Å². The molecular formula is C19H28BN3O5. The lowest BCUT2D eigenvalue weighted by Crippen LogP contribution is -2.49. The second-order valence-electron chi connectivity index (χ2n) is 8.20. The minimum atomic E-state index is -0.919. The molecule has 2 aliphatic heterocycles. The Kier molecular flexibility index (Phi) is 5.33. The van der Waals surface area contributed by atoms with Crippen LogP contribution in [0, 0.1) is 0 Å². The fourth-order valence-electron chi connectivity index (χ4n) is 3.40. The first kappa shape index (κ1) is 20.5. The number of carbonyl (C=O) groups is 2. The molecule has 0 aromatic heterocycles. The monoisotopic (exact) mass is 389 g/mol. The van der Waals surface area contributed by atoms with Gasteiger partial charge in [-0.05, 0) is 45.3 Å². The first-order chi connectivity index (χ1) is 13.1. The molecule has 2 fully saturated rings. The molecule has 2 saturated heterocycles. The molecule has 152 valence electrons. The van der Waals surface area contributed by atoms with Gasteiger partial charge in [0.15, 0.2) is 0 Å². The van der Waals surface area contributed by atoms with Gasteiger partial charge in [-0.3, -0.25) is 4.79 Å². The van der Waals surface area contributed by atoms with E-state index >= 15 is 0 Å². The van der Waals surface area contributed by atoms with E-state index in [2.05, 4.69) is 5.32 Å². The zero-order valence-corrected chi connectivity index (χ0v) is 17.1. The minimum Gasteiger partial charge on any atom is -0.465 e. The van der Waals surface area contributed by atoms with Gasteiger partial charge < -0.3 is 29.5 Å². The fourth-order valence-corrected chi connectivity index (χ4v) is 3.40. The number of amides is 2. The minimum absolute atomic E-state index is 0.184. The lowest BCUT2D eigenvalue weighted by atomic mass is 9.78. The van der Waals surface area contributed by atoms with Crippen LogP contribution in [0.2, 0.25) is 0 Å². The summed E-state index contributed by atoms with van der Waals surface area (Å²) in [4.78, 5) is 27.0. The summed E-state index contributed by atoms with van der Waals surface area (Å²) in [5, 5.41) is 11.8. The highest BCUT2D eigenvalue weighted by molar-refractivity contribution is 6.62. The third kappa shape index (κ3) is 3.68. The van der Waals surface area contributed by atoms with Gasteiger partial charge in [0.2, 0.25) is 0 Å². The second kappa shape index (κ2) is 7.29. The molecule has 0 bridgehead atoms. The quantitative estimate of drug-likeness (QED) is 0.754. The Morgan fingerprint density at radius 2 is 1.64 bits per heavy atom. The van der Waals surface area contributed by atoms with Crippen molar-refractivity contribution in [2.24, 2.45) is 0 Å². The summed E-state index contributed by atoms with van der Waals surface area (Å²) in [5.74, 6) is -0.184. The normalized spacial score (nSPS) is 21.0. The summed E-state index contributed by atoms with van der Waals surface area (Å²) in [6.45, 7) is 9.81. The summed E-state index contributed by atoms with van der Waals surface area (Å²) < 4.78 is 12.3. The van der Waals surface area contributed by atoms with E-state index in [1.54, 1.807) is 13.1 Å². The number of hydrogen-bond donors (Lipinski definition) is 2. The van der Waals surface area contributed by atoms with E-state index in [0.29, 0.717) is 31.7 Å². The maximum absolute atomic E-state index is 12.4. The zero-order chi connectivity index (χ0) is 20.7. The molecule has 1 aromatic carbocycles. The second-order valence-corrected chi connectivity index (χ2v) is 8.20. The Balaban J connectivity index is 1.91. The van der Waals surface area contributed by atoms with Gasteiger partial charge in [-0.1, -0.05) is 6.07 Å². The number of piperazine rings is 1. The Labute approximate surface area is 165 Å². The van der Waals surface area contributed by atoms with Crippen LogP contribution in [0.15, 0.2) is 18.2 Å². The summed E-state index contributed by atoms with van der Waals surface area (Å²) >= 11 is 0. The van der Waals surface area contributed by atoms with Crippen molar-refractivity contribution in [2.75, 3.05) is 38.1 Å². The van der Waals surface area contributed by atoms with E-state index in [9.17, 15) is 14.7 Å². The molecule has 0 radical (unpaired) electrons. The van der Waals surface area contributed by atoms with Gasteiger partial charge in [0.05, 0.1) is 16.8 Å². The topological polar surface area (TPSA) is 91.3 Å². The number of anilines is 1. The number of carbonyl (C=O) groups excluding carboxylic acids is 1. The Bertz CT molecular complexity index is 759. The van der Waals surface area contributed by atoms with Crippen LogP contribution in [0.3, 0.4) is 0 Å². The largest absolute Gasteiger partial charge is 0.494 e. The van der Waals surface area contributed by atoms with Crippen LogP contribution in [0.5, 0.6) is 0 Å². The summed E-state index contributed by atoms with van der Waals surface area (Å²) in [7, 11) is 1.07. The zero-order valence-electron chi connectivity index (χ0n) is 17.1. The molecule has 0 aliphatic carbocycles. The molecule has 0 saturated carbocycles. The van der Waals surface area contributed by atoms with E-state index < -0.39 is 24.4 Å². The van der Waals surface area contributed by atoms with Crippen LogP contribution in [0.4, 0.5) is 10.5 Å². The molecule has 28 heavy (non-hydrogen) atoms. The van der Waals surface area contributed by atoms with Gasteiger partial charge in [-0.2, -0.15) is 0 Å². The highest BCUT2D eigenvalue weighted by Gasteiger charge is 2.51. The maximum Gasteiger partial charge on any atom is 0.494 e. The predicted octanol–water partition coefficient (Wildman–Crippen LogP) is 1.15. The van der Waals surface area contributed by atoms with Gasteiger partial charge in [0.1, 0.15) is 0 Å². The van der Waals surface area contributed by atoms with Gasteiger partial charge in [-0.25, -0.2) is 4.79 Å². The van der Waals surface area contributed by atoms with Crippen LogP contribution in [-0.2, 0) is 9.31 Å². The summed E-state index contributed by atoms with van der Waals surface area (Å²) in [5.41, 5.74) is 1.24. The van der Waals surface area contributed by atoms with Crippen molar-refractivity contribution in [3.63, 3.8) is 0 Å². The molecule has 9 heteroatoms. The number of benzene rings is 1. The molecule has 2 amide bonds. The van der Waals surface area contributed by atoms with E-state index in [-0.39, 0.29) is 5.91 Å². The third-order valence-electron chi connectivity index (χ3n) is 5.91. The van der Waals surface area contributed by atoms with Crippen LogP contribution in [-0.4, -0.2) is 73.6 Å². The SMILES string of the molecule is CNC(=O)c1ccc(B2OC(C)(C)C(C)(C)O2)cc1N1CCN(C(=O)O)CC1. The Morgan fingerprint density at radius 3 is 2.14 bits per heavy atom. The number of hydrogen-bond acceptors (Lipinski definition) is 5. The molecule has 3 rings (SSSR count). The molecule has 2 aliphatic rings. The Morgan fingerprint density at radius 1 is 1.07 bits per heavy atom. The van der Waals surface area contributed by atoms with Gasteiger partial charge in [-0.15, -0.1) is 0 Å². The molecule has 2 N–H and O–H groups in total. The van der Waals surface area contributed by atoms with E-state index in [4.69, 9.17) is 9.31 Å². The lowest BCUT2D eigenvalue weighted by molar-refractivity contribution is 0.00578. The van der Waals surface area contributed by atoms with Crippen molar-refractivity contribution in [3.8, 4) is 0 Å². The molecular weight excluding hydrogens is 361 g/mol. The van der Waals surface area contributed by atoms with Gasteiger partial charge >= 0.3 is 13.2 Å².